The molecule has 4 rings (SSSR count). The van der Waals surface area contributed by atoms with Gasteiger partial charge in [-0.2, -0.15) is 0 Å². The molecule has 0 aliphatic heterocycles. The fraction of sp³-hybridized carbons (Fsp3) is 0.269. The van der Waals surface area contributed by atoms with Gasteiger partial charge in [-0.3, -0.25) is 0 Å². The zero-order valence-corrected chi connectivity index (χ0v) is 20.1. The lowest BCUT2D eigenvalue weighted by molar-refractivity contribution is 0.341. The van der Waals surface area contributed by atoms with E-state index < -0.39 is 0 Å². The molecule has 0 fully saturated rings. The minimum absolute atomic E-state index is 0.00523. The molecule has 0 saturated heterocycles. The topological polar surface area (TPSA) is 40.6 Å². The zero-order chi connectivity index (χ0) is 22.7. The maximum atomic E-state index is 5.65. The molecule has 0 atom stereocenters. The molecule has 6 heteroatoms. The number of anilines is 3. The summed E-state index contributed by atoms with van der Waals surface area (Å²) in [5, 5.41) is 4.58. The molecule has 1 aromatic heterocycles. The second-order valence-corrected chi connectivity index (χ2v) is 9.16. The summed E-state index contributed by atoms with van der Waals surface area (Å²) in [5.74, 6) is 0.880. The SMILES string of the molecule is CCOc1ccc2nc(NC(c3ccc(N(C)C)cc3)c3ccc(N(C)C)cc3)sc2c1. The smallest absolute Gasteiger partial charge is 0.184 e. The van der Waals surface area contributed by atoms with Crippen molar-refractivity contribution in [2.75, 3.05) is 49.9 Å². The van der Waals surface area contributed by atoms with Gasteiger partial charge in [0, 0.05) is 39.6 Å². The number of hydrogen-bond acceptors (Lipinski definition) is 6. The van der Waals surface area contributed by atoms with Crippen molar-refractivity contribution < 1.29 is 4.74 Å². The van der Waals surface area contributed by atoms with Gasteiger partial charge in [0.25, 0.3) is 0 Å². The second kappa shape index (κ2) is 9.49. The van der Waals surface area contributed by atoms with E-state index in [-0.39, 0.29) is 6.04 Å². The van der Waals surface area contributed by atoms with Gasteiger partial charge in [-0.25, -0.2) is 4.98 Å². The Hall–Kier alpha value is -3.25. The van der Waals surface area contributed by atoms with Crippen LogP contribution in [0.1, 0.15) is 24.1 Å². The van der Waals surface area contributed by atoms with Crippen LogP contribution in [0, 0.1) is 0 Å². The van der Waals surface area contributed by atoms with Crippen LogP contribution in [0.15, 0.2) is 66.7 Å². The summed E-state index contributed by atoms with van der Waals surface area (Å²) < 4.78 is 6.77. The Balaban J connectivity index is 1.69. The van der Waals surface area contributed by atoms with Crippen molar-refractivity contribution in [2.24, 2.45) is 0 Å². The highest BCUT2D eigenvalue weighted by Gasteiger charge is 2.17. The number of fused-ring (bicyclic) bond motifs is 1. The Kier molecular flexibility index (Phi) is 6.51. The number of nitrogens with zero attached hydrogens (tertiary/aromatic N) is 3. The van der Waals surface area contributed by atoms with E-state index in [1.807, 2.05) is 19.1 Å². The zero-order valence-electron chi connectivity index (χ0n) is 19.3. The van der Waals surface area contributed by atoms with Gasteiger partial charge >= 0.3 is 0 Å². The van der Waals surface area contributed by atoms with Gasteiger partial charge in [0.05, 0.1) is 22.9 Å². The first-order valence-electron chi connectivity index (χ1n) is 10.8. The molecule has 1 N–H and O–H groups in total. The van der Waals surface area contributed by atoms with E-state index in [0.717, 1.165) is 21.1 Å². The lowest BCUT2D eigenvalue weighted by Crippen LogP contribution is -2.14. The molecule has 3 aromatic carbocycles. The van der Waals surface area contributed by atoms with E-state index in [1.165, 1.54) is 22.5 Å². The van der Waals surface area contributed by atoms with Crippen LogP contribution in [0.3, 0.4) is 0 Å². The summed E-state index contributed by atoms with van der Waals surface area (Å²) in [5.41, 5.74) is 5.73. The minimum atomic E-state index is -0.00523. The lowest BCUT2D eigenvalue weighted by atomic mass is 9.98. The summed E-state index contributed by atoms with van der Waals surface area (Å²) in [6, 6.07) is 23.4. The highest BCUT2D eigenvalue weighted by atomic mass is 32.1. The molecule has 0 unspecified atom stereocenters. The van der Waals surface area contributed by atoms with Gasteiger partial charge in [0.2, 0.25) is 0 Å². The molecule has 166 valence electrons. The molecule has 0 bridgehead atoms. The molecule has 0 aliphatic carbocycles. The number of rotatable bonds is 8. The third-order valence-corrected chi connectivity index (χ3v) is 6.37. The first kappa shape index (κ1) is 22.0. The van der Waals surface area contributed by atoms with Crippen molar-refractivity contribution in [3.05, 3.63) is 77.9 Å². The number of benzene rings is 3. The maximum Gasteiger partial charge on any atom is 0.184 e. The number of ether oxygens (including phenoxy) is 1. The highest BCUT2D eigenvalue weighted by Crippen LogP contribution is 2.34. The summed E-state index contributed by atoms with van der Waals surface area (Å²) in [7, 11) is 8.23. The van der Waals surface area contributed by atoms with Crippen LogP contribution in [0.5, 0.6) is 5.75 Å². The van der Waals surface area contributed by atoms with Crippen LogP contribution < -0.4 is 19.9 Å². The van der Waals surface area contributed by atoms with Crippen LogP contribution in [-0.2, 0) is 0 Å². The van der Waals surface area contributed by atoms with Gasteiger partial charge in [-0.05, 0) is 60.5 Å². The quantitative estimate of drug-likeness (QED) is 0.358. The summed E-state index contributed by atoms with van der Waals surface area (Å²) in [6.45, 7) is 2.65. The molecule has 4 aromatic rings. The number of hydrogen-bond donors (Lipinski definition) is 1. The summed E-state index contributed by atoms with van der Waals surface area (Å²) in [4.78, 5) is 9.06. The molecule has 0 spiro atoms. The highest BCUT2D eigenvalue weighted by molar-refractivity contribution is 7.22. The van der Waals surface area contributed by atoms with Crippen molar-refractivity contribution in [1.82, 2.24) is 4.98 Å². The van der Waals surface area contributed by atoms with Crippen molar-refractivity contribution in [3.63, 3.8) is 0 Å². The van der Waals surface area contributed by atoms with Gasteiger partial charge in [-0.15, -0.1) is 0 Å². The van der Waals surface area contributed by atoms with E-state index in [2.05, 4.69) is 97.9 Å². The van der Waals surface area contributed by atoms with Gasteiger partial charge in [0.1, 0.15) is 5.75 Å². The van der Waals surface area contributed by atoms with E-state index in [9.17, 15) is 0 Å². The Morgan fingerprint density at radius 3 is 1.91 bits per heavy atom. The van der Waals surface area contributed by atoms with E-state index in [1.54, 1.807) is 11.3 Å². The van der Waals surface area contributed by atoms with Crippen molar-refractivity contribution in [2.45, 2.75) is 13.0 Å². The molecule has 0 amide bonds. The molecule has 0 radical (unpaired) electrons. The molecule has 0 saturated carbocycles. The van der Waals surface area contributed by atoms with Gasteiger partial charge in [-0.1, -0.05) is 35.6 Å². The molecule has 5 nitrogen and oxygen atoms in total. The molecular weight excluding hydrogens is 416 g/mol. The molecule has 1 heterocycles. The predicted octanol–water partition coefficient (Wildman–Crippen LogP) is 6.03. The van der Waals surface area contributed by atoms with E-state index in [4.69, 9.17) is 9.72 Å². The van der Waals surface area contributed by atoms with Crippen LogP contribution in [0.4, 0.5) is 16.5 Å². The Morgan fingerprint density at radius 2 is 1.41 bits per heavy atom. The van der Waals surface area contributed by atoms with Crippen LogP contribution in [0.25, 0.3) is 10.2 Å². The fourth-order valence-electron chi connectivity index (χ4n) is 3.64. The number of aromatic nitrogens is 1. The maximum absolute atomic E-state index is 5.65. The van der Waals surface area contributed by atoms with Crippen LogP contribution in [0.2, 0.25) is 0 Å². The van der Waals surface area contributed by atoms with Crippen molar-refractivity contribution >= 4 is 38.1 Å². The third kappa shape index (κ3) is 4.81. The number of thiazole rings is 1. The number of nitrogens with one attached hydrogen (secondary N) is 1. The second-order valence-electron chi connectivity index (χ2n) is 8.13. The predicted molar refractivity (Wildman–Crippen MR) is 138 cm³/mol. The third-order valence-electron chi connectivity index (χ3n) is 5.42. The van der Waals surface area contributed by atoms with E-state index >= 15 is 0 Å². The fourth-order valence-corrected chi connectivity index (χ4v) is 4.56. The van der Waals surface area contributed by atoms with Crippen LogP contribution in [-0.4, -0.2) is 39.8 Å². The van der Waals surface area contributed by atoms with Crippen molar-refractivity contribution in [3.8, 4) is 5.75 Å². The largest absolute Gasteiger partial charge is 0.494 e. The Bertz CT molecular complexity index is 1120. The summed E-state index contributed by atoms with van der Waals surface area (Å²) >= 11 is 1.65. The Labute approximate surface area is 194 Å². The average Bonchev–Trinajstić information content (AvgIpc) is 3.20. The van der Waals surface area contributed by atoms with Crippen LogP contribution >= 0.6 is 11.3 Å². The molecular formula is C26H30N4OS. The van der Waals surface area contributed by atoms with E-state index in [0.29, 0.717) is 6.61 Å². The first-order valence-corrected chi connectivity index (χ1v) is 11.6. The average molecular weight is 447 g/mol. The van der Waals surface area contributed by atoms with Crippen molar-refractivity contribution in [1.29, 1.82) is 0 Å². The van der Waals surface area contributed by atoms with Gasteiger partial charge < -0.3 is 19.9 Å². The molecule has 0 aliphatic rings. The van der Waals surface area contributed by atoms with Gasteiger partial charge in [0.15, 0.2) is 5.13 Å². The summed E-state index contributed by atoms with van der Waals surface area (Å²) in [6.07, 6.45) is 0. The Morgan fingerprint density at radius 1 is 0.844 bits per heavy atom. The normalized spacial score (nSPS) is 11.1. The standard InChI is InChI=1S/C26H30N4OS/c1-6-31-22-15-16-23-24(17-22)32-26(27-23)28-25(18-7-11-20(12-8-18)29(2)3)19-9-13-21(14-10-19)30(4)5/h7-17,25H,6H2,1-5H3,(H,27,28). The lowest BCUT2D eigenvalue weighted by Gasteiger charge is -2.22. The molecule has 32 heavy (non-hydrogen) atoms. The monoisotopic (exact) mass is 446 g/mol. The minimum Gasteiger partial charge on any atom is -0.494 e. The first-order chi connectivity index (χ1) is 15.4.